The van der Waals surface area contributed by atoms with Crippen molar-refractivity contribution >= 4 is 49.5 Å². The lowest BCUT2D eigenvalue weighted by molar-refractivity contribution is 0.103. The largest absolute Gasteiger partial charge is 0.420 e. The number of carbonyl (C=O) groups excluding carboxylic acids is 2. The van der Waals surface area contributed by atoms with Crippen LogP contribution in [0.5, 0.6) is 0 Å². The topological polar surface area (TPSA) is 104 Å². The van der Waals surface area contributed by atoms with Crippen LogP contribution in [-0.2, 0) is 14.3 Å². The van der Waals surface area contributed by atoms with Gasteiger partial charge in [-0.15, -0.1) is 0 Å². The van der Waals surface area contributed by atoms with Crippen molar-refractivity contribution in [2.75, 3.05) is 0 Å². The minimum absolute atomic E-state index is 0.0442. The molecule has 0 saturated heterocycles. The molecule has 0 fully saturated rings. The number of hydrogen-bond acceptors (Lipinski definition) is 5. The van der Waals surface area contributed by atoms with Gasteiger partial charge in [0.05, 0.1) is 5.02 Å². The van der Waals surface area contributed by atoms with Gasteiger partial charge in [0.15, 0.2) is 5.78 Å². The quantitative estimate of drug-likeness (QED) is 0.585. The maximum Gasteiger partial charge on any atom is 0.420 e. The highest BCUT2D eigenvalue weighted by Gasteiger charge is 2.22. The fourth-order valence-electron chi connectivity index (χ4n) is 1.81. The highest BCUT2D eigenvalue weighted by Crippen LogP contribution is 2.27. The molecule has 0 unspecified atom stereocenters. The monoisotopic (exact) mass is 435 g/mol. The number of benzene rings is 2. The third-order valence-electron chi connectivity index (χ3n) is 2.84. The van der Waals surface area contributed by atoms with Crippen LogP contribution in [0.4, 0.5) is 9.18 Å². The van der Waals surface area contributed by atoms with Gasteiger partial charge in [0.25, 0.3) is 0 Å². The van der Waals surface area contributed by atoms with Gasteiger partial charge in [-0.25, -0.2) is 9.18 Å². The third-order valence-corrected chi connectivity index (χ3v) is 5.03. The maximum absolute atomic E-state index is 13.1. The lowest BCUT2D eigenvalue weighted by Gasteiger charge is -2.08. The second-order valence-corrected chi connectivity index (χ2v) is 7.26. The second kappa shape index (κ2) is 6.88. The molecule has 1 amide bonds. The normalized spacial score (nSPS) is 11.1. The van der Waals surface area contributed by atoms with Gasteiger partial charge in [-0.1, -0.05) is 11.6 Å². The van der Waals surface area contributed by atoms with E-state index in [1.165, 1.54) is 12.1 Å². The van der Waals surface area contributed by atoms with Gasteiger partial charge in [0.2, 0.25) is 0 Å². The Balaban J connectivity index is 2.43. The predicted molar refractivity (Wildman–Crippen MR) is 86.8 cm³/mol. The number of amides is 1. The van der Waals surface area contributed by atoms with E-state index in [2.05, 4.69) is 25.8 Å². The predicted octanol–water partition coefficient (Wildman–Crippen LogP) is 3.26. The molecule has 126 valence electrons. The number of primary amides is 1. The molecule has 0 radical (unpaired) electrons. The van der Waals surface area contributed by atoms with Gasteiger partial charge < -0.3 is 9.92 Å². The van der Waals surface area contributed by atoms with Gasteiger partial charge in [-0.05, 0) is 52.3 Å². The van der Waals surface area contributed by atoms with Gasteiger partial charge in [0.1, 0.15) is 10.7 Å². The Morgan fingerprint density at radius 2 is 1.75 bits per heavy atom. The van der Waals surface area contributed by atoms with Crippen molar-refractivity contribution in [3.63, 3.8) is 0 Å². The summed E-state index contributed by atoms with van der Waals surface area (Å²) in [4.78, 5) is 22.7. The van der Waals surface area contributed by atoms with Crippen molar-refractivity contribution in [1.82, 2.24) is 0 Å². The molecule has 0 aliphatic heterocycles. The van der Waals surface area contributed by atoms with Gasteiger partial charge in [-0.2, -0.15) is 8.42 Å². The SMILES string of the molecule is NC(=O)OS(=O)(=O)c1ccc(C(=O)c2ccc(F)cc2Cl)c(Br)c1. The Labute approximate surface area is 149 Å². The molecular weight excluding hydrogens is 429 g/mol. The first-order chi connectivity index (χ1) is 11.1. The summed E-state index contributed by atoms with van der Waals surface area (Å²) >= 11 is 8.91. The van der Waals surface area contributed by atoms with E-state index in [1.807, 2.05) is 0 Å². The van der Waals surface area contributed by atoms with Crippen molar-refractivity contribution < 1.29 is 26.6 Å². The van der Waals surface area contributed by atoms with Crippen LogP contribution in [-0.4, -0.2) is 20.3 Å². The van der Waals surface area contributed by atoms with E-state index in [0.29, 0.717) is 0 Å². The first-order valence-corrected chi connectivity index (χ1v) is 8.73. The van der Waals surface area contributed by atoms with Crippen LogP contribution in [0.2, 0.25) is 5.02 Å². The maximum atomic E-state index is 13.1. The van der Waals surface area contributed by atoms with E-state index in [1.54, 1.807) is 0 Å². The van der Waals surface area contributed by atoms with E-state index in [0.717, 1.165) is 24.3 Å². The molecule has 0 bridgehead atoms. The lowest BCUT2D eigenvalue weighted by Crippen LogP contribution is -2.19. The summed E-state index contributed by atoms with van der Waals surface area (Å²) in [5.41, 5.74) is 4.81. The standard InChI is InChI=1S/C14H8BrClFNO5S/c15-11-6-8(24(21,22)23-14(18)20)2-4-9(11)13(19)10-3-1-7(17)5-12(10)16/h1-6H,(H2,18,20). The molecule has 2 N–H and O–H groups in total. The fourth-order valence-corrected chi connectivity index (χ4v) is 3.58. The molecule has 0 atom stereocenters. The number of halogens is 3. The summed E-state index contributed by atoms with van der Waals surface area (Å²) in [7, 11) is -4.39. The van der Waals surface area contributed by atoms with Crippen molar-refractivity contribution in [1.29, 1.82) is 0 Å². The average Bonchev–Trinajstić information content (AvgIpc) is 2.45. The molecule has 0 aliphatic rings. The minimum atomic E-state index is -4.39. The van der Waals surface area contributed by atoms with Crippen LogP contribution in [0.25, 0.3) is 0 Å². The summed E-state index contributed by atoms with van der Waals surface area (Å²) in [6, 6.07) is 6.61. The van der Waals surface area contributed by atoms with E-state index in [-0.39, 0.29) is 25.5 Å². The van der Waals surface area contributed by atoms with Gasteiger partial charge in [0, 0.05) is 15.6 Å². The van der Waals surface area contributed by atoms with Crippen LogP contribution in [0, 0.1) is 5.82 Å². The number of carbonyl (C=O) groups is 2. The zero-order valence-electron chi connectivity index (χ0n) is 11.6. The molecule has 6 nitrogen and oxygen atoms in total. The van der Waals surface area contributed by atoms with Crippen LogP contribution in [0.1, 0.15) is 15.9 Å². The summed E-state index contributed by atoms with van der Waals surface area (Å²) in [5, 5.41) is -0.0827. The van der Waals surface area contributed by atoms with E-state index in [9.17, 15) is 22.4 Å². The molecule has 0 aromatic heterocycles. The van der Waals surface area contributed by atoms with E-state index in [4.69, 9.17) is 11.6 Å². The summed E-state index contributed by atoms with van der Waals surface area (Å²) in [6.45, 7) is 0. The van der Waals surface area contributed by atoms with E-state index < -0.39 is 27.8 Å². The zero-order chi connectivity index (χ0) is 18.1. The first-order valence-electron chi connectivity index (χ1n) is 6.15. The Morgan fingerprint density at radius 3 is 2.29 bits per heavy atom. The van der Waals surface area contributed by atoms with Crippen molar-refractivity contribution in [2.45, 2.75) is 4.90 Å². The summed E-state index contributed by atoms with van der Waals surface area (Å²) in [5.74, 6) is -1.15. The highest BCUT2D eigenvalue weighted by molar-refractivity contribution is 9.10. The van der Waals surface area contributed by atoms with Gasteiger partial charge >= 0.3 is 16.2 Å². The molecule has 0 aliphatic carbocycles. The van der Waals surface area contributed by atoms with Crippen molar-refractivity contribution in [3.8, 4) is 0 Å². The second-order valence-electron chi connectivity index (χ2n) is 4.45. The Kier molecular flexibility index (Phi) is 5.26. The van der Waals surface area contributed by atoms with Crippen LogP contribution in [0.3, 0.4) is 0 Å². The first kappa shape index (κ1) is 18.4. The molecule has 2 aromatic rings. The van der Waals surface area contributed by atoms with Crippen LogP contribution < -0.4 is 5.73 Å². The molecular formula is C14H8BrClFNO5S. The third kappa shape index (κ3) is 3.92. The van der Waals surface area contributed by atoms with Gasteiger partial charge in [-0.3, -0.25) is 4.79 Å². The average molecular weight is 437 g/mol. The van der Waals surface area contributed by atoms with Crippen LogP contribution >= 0.6 is 27.5 Å². The Hall–Kier alpha value is -1.97. The Bertz CT molecular complexity index is 948. The Morgan fingerprint density at radius 1 is 1.12 bits per heavy atom. The van der Waals surface area contributed by atoms with Crippen LogP contribution in [0.15, 0.2) is 45.8 Å². The highest BCUT2D eigenvalue weighted by atomic mass is 79.9. The molecule has 2 rings (SSSR count). The molecule has 10 heteroatoms. The molecule has 0 spiro atoms. The number of ketones is 1. The molecule has 2 aromatic carbocycles. The fraction of sp³-hybridized carbons (Fsp3) is 0. The molecule has 24 heavy (non-hydrogen) atoms. The minimum Gasteiger partial charge on any atom is -0.334 e. The zero-order valence-corrected chi connectivity index (χ0v) is 14.8. The van der Waals surface area contributed by atoms with Crippen molar-refractivity contribution in [2.24, 2.45) is 5.73 Å². The number of nitrogens with two attached hydrogens (primary N) is 1. The summed E-state index contributed by atoms with van der Waals surface area (Å²) in [6.07, 6.45) is -1.48. The number of rotatable bonds is 4. The molecule has 0 saturated carbocycles. The molecule has 0 heterocycles. The smallest absolute Gasteiger partial charge is 0.334 e. The summed E-state index contributed by atoms with van der Waals surface area (Å²) < 4.78 is 40.7. The van der Waals surface area contributed by atoms with E-state index >= 15 is 0 Å². The number of hydrogen-bond donors (Lipinski definition) is 1. The lowest BCUT2D eigenvalue weighted by atomic mass is 10.0. The van der Waals surface area contributed by atoms with Crippen molar-refractivity contribution in [3.05, 3.63) is 62.8 Å².